The molecule has 1 nitrogen and oxygen atoms in total. The molecule has 2 unspecified atom stereocenters. The van der Waals surface area contributed by atoms with Gasteiger partial charge >= 0.3 is 0 Å². The third-order valence-electron chi connectivity index (χ3n) is 3.19. The van der Waals surface area contributed by atoms with Gasteiger partial charge < -0.3 is 5.32 Å². The minimum Gasteiger partial charge on any atom is -0.316 e. The molecule has 0 radical (unpaired) electrons. The molecule has 2 heteroatoms. The molecule has 0 spiro atoms. The minimum atomic E-state index is 0.716. The van der Waals surface area contributed by atoms with E-state index in [0.717, 1.165) is 5.92 Å². The molecule has 2 rings (SSSR count). The fourth-order valence-corrected chi connectivity index (χ4v) is 3.23. The third-order valence-corrected chi connectivity index (χ3v) is 4.05. The summed E-state index contributed by atoms with van der Waals surface area (Å²) in [5.41, 5.74) is 1.59. The first kappa shape index (κ1) is 9.22. The van der Waals surface area contributed by atoms with Crippen molar-refractivity contribution in [2.45, 2.75) is 38.1 Å². The van der Waals surface area contributed by atoms with Crippen LogP contribution in [0.1, 0.15) is 35.6 Å². The average Bonchev–Trinajstić information content (AvgIpc) is 2.71. The number of thiophene rings is 1. The molecule has 0 bridgehead atoms. The lowest BCUT2D eigenvalue weighted by Gasteiger charge is -2.18. The molecule has 0 saturated heterocycles. The summed E-state index contributed by atoms with van der Waals surface area (Å²) >= 11 is 1.88. The second-order valence-corrected chi connectivity index (χ2v) is 4.98. The summed E-state index contributed by atoms with van der Waals surface area (Å²) in [6, 6.07) is 3.02. The Morgan fingerprint density at radius 1 is 1.46 bits per heavy atom. The smallest absolute Gasteiger partial charge is 0.0133 e. The van der Waals surface area contributed by atoms with Crippen LogP contribution < -0.4 is 5.32 Å². The Morgan fingerprint density at radius 3 is 2.92 bits per heavy atom. The lowest BCUT2D eigenvalue weighted by molar-refractivity contribution is 0.522. The van der Waals surface area contributed by atoms with E-state index in [1.54, 1.807) is 5.56 Å². The van der Waals surface area contributed by atoms with Crippen LogP contribution >= 0.6 is 11.3 Å². The van der Waals surface area contributed by atoms with E-state index in [4.69, 9.17) is 0 Å². The van der Waals surface area contributed by atoms with Crippen LogP contribution in [-0.4, -0.2) is 13.1 Å². The molecule has 1 fully saturated rings. The molecule has 1 aliphatic carbocycles. The lowest BCUT2D eigenvalue weighted by Crippen LogP contribution is -2.27. The first-order chi connectivity index (χ1) is 6.33. The maximum absolute atomic E-state index is 3.43. The van der Waals surface area contributed by atoms with E-state index in [1.165, 1.54) is 24.1 Å². The van der Waals surface area contributed by atoms with Crippen LogP contribution in [-0.2, 0) is 0 Å². The molecule has 1 aromatic heterocycles. The minimum absolute atomic E-state index is 0.716. The van der Waals surface area contributed by atoms with Crippen LogP contribution in [0.5, 0.6) is 0 Å². The number of likely N-dealkylation sites (N-methyl/N-ethyl adjacent to an activating group) is 1. The molecule has 1 saturated carbocycles. The molecule has 1 heterocycles. The van der Waals surface area contributed by atoms with Gasteiger partial charge in [-0.2, -0.15) is 0 Å². The SMILES string of the molecule is CNC1CCCC1c1ccsc1C. The van der Waals surface area contributed by atoms with E-state index >= 15 is 0 Å². The topological polar surface area (TPSA) is 12.0 Å². The Balaban J connectivity index is 2.20. The van der Waals surface area contributed by atoms with E-state index in [2.05, 4.69) is 30.7 Å². The van der Waals surface area contributed by atoms with Gasteiger partial charge in [0.05, 0.1) is 0 Å². The Morgan fingerprint density at radius 2 is 2.31 bits per heavy atom. The maximum atomic E-state index is 3.43. The summed E-state index contributed by atoms with van der Waals surface area (Å²) in [5, 5.41) is 5.65. The zero-order chi connectivity index (χ0) is 9.26. The first-order valence-electron chi connectivity index (χ1n) is 5.04. The van der Waals surface area contributed by atoms with Crippen LogP contribution in [0.25, 0.3) is 0 Å². The van der Waals surface area contributed by atoms with Gasteiger partial charge in [0.25, 0.3) is 0 Å². The summed E-state index contributed by atoms with van der Waals surface area (Å²) in [4.78, 5) is 1.51. The zero-order valence-corrected chi connectivity index (χ0v) is 9.16. The summed E-state index contributed by atoms with van der Waals surface area (Å²) in [5.74, 6) is 0.774. The van der Waals surface area contributed by atoms with E-state index in [0.29, 0.717) is 6.04 Å². The molecule has 0 amide bonds. The maximum Gasteiger partial charge on any atom is 0.0133 e. The summed E-state index contributed by atoms with van der Waals surface area (Å²) < 4.78 is 0. The molecule has 13 heavy (non-hydrogen) atoms. The monoisotopic (exact) mass is 195 g/mol. The second kappa shape index (κ2) is 3.81. The Labute approximate surface area is 84.2 Å². The molecule has 2 atom stereocenters. The zero-order valence-electron chi connectivity index (χ0n) is 8.34. The Bertz CT molecular complexity index is 279. The molecule has 72 valence electrons. The number of rotatable bonds is 2. The summed E-state index contributed by atoms with van der Waals surface area (Å²) in [6.45, 7) is 2.24. The standard InChI is InChI=1S/C11H17NS/c1-8-9(6-7-13-8)10-4-3-5-11(10)12-2/h6-7,10-12H,3-5H2,1-2H3. The highest BCUT2D eigenvalue weighted by molar-refractivity contribution is 7.10. The van der Waals surface area contributed by atoms with Crippen molar-refractivity contribution in [1.29, 1.82) is 0 Å². The quantitative estimate of drug-likeness (QED) is 0.765. The fraction of sp³-hybridized carbons (Fsp3) is 0.636. The molecule has 0 aliphatic heterocycles. The molecule has 1 N–H and O–H groups in total. The highest BCUT2D eigenvalue weighted by atomic mass is 32.1. The fourth-order valence-electron chi connectivity index (χ4n) is 2.46. The van der Waals surface area contributed by atoms with Crippen LogP contribution in [0.2, 0.25) is 0 Å². The highest BCUT2D eigenvalue weighted by Crippen LogP contribution is 2.37. The van der Waals surface area contributed by atoms with E-state index in [1.807, 2.05) is 11.3 Å². The van der Waals surface area contributed by atoms with Gasteiger partial charge in [-0.05, 0) is 43.8 Å². The van der Waals surface area contributed by atoms with Crippen LogP contribution in [0.15, 0.2) is 11.4 Å². The number of aryl methyl sites for hydroxylation is 1. The molecule has 0 aromatic carbocycles. The molecular weight excluding hydrogens is 178 g/mol. The van der Waals surface area contributed by atoms with Gasteiger partial charge in [0.15, 0.2) is 0 Å². The van der Waals surface area contributed by atoms with Crippen molar-refractivity contribution in [2.24, 2.45) is 0 Å². The van der Waals surface area contributed by atoms with Gasteiger partial charge in [0, 0.05) is 16.8 Å². The number of hydrogen-bond donors (Lipinski definition) is 1. The van der Waals surface area contributed by atoms with Crippen molar-refractivity contribution in [3.05, 3.63) is 21.9 Å². The van der Waals surface area contributed by atoms with Gasteiger partial charge in [-0.15, -0.1) is 11.3 Å². The number of nitrogens with one attached hydrogen (secondary N) is 1. The Kier molecular flexibility index (Phi) is 2.70. The predicted octanol–water partition coefficient (Wildman–Crippen LogP) is 2.91. The predicted molar refractivity (Wildman–Crippen MR) is 58.5 cm³/mol. The van der Waals surface area contributed by atoms with Gasteiger partial charge in [0.1, 0.15) is 0 Å². The summed E-state index contributed by atoms with van der Waals surface area (Å²) in [6.07, 6.45) is 4.09. The van der Waals surface area contributed by atoms with Crippen molar-refractivity contribution < 1.29 is 0 Å². The molecule has 1 aliphatic rings. The van der Waals surface area contributed by atoms with Gasteiger partial charge in [0.2, 0.25) is 0 Å². The molecular formula is C11H17NS. The first-order valence-corrected chi connectivity index (χ1v) is 5.92. The van der Waals surface area contributed by atoms with Crippen molar-refractivity contribution in [2.75, 3.05) is 7.05 Å². The molecule has 1 aromatic rings. The van der Waals surface area contributed by atoms with Gasteiger partial charge in [-0.1, -0.05) is 6.42 Å². The van der Waals surface area contributed by atoms with Gasteiger partial charge in [-0.25, -0.2) is 0 Å². The third kappa shape index (κ3) is 1.65. The van der Waals surface area contributed by atoms with Crippen molar-refractivity contribution in [3.8, 4) is 0 Å². The number of hydrogen-bond acceptors (Lipinski definition) is 2. The average molecular weight is 195 g/mol. The Hall–Kier alpha value is -0.340. The second-order valence-electron chi connectivity index (χ2n) is 3.86. The van der Waals surface area contributed by atoms with Crippen molar-refractivity contribution in [1.82, 2.24) is 5.32 Å². The summed E-state index contributed by atoms with van der Waals surface area (Å²) in [7, 11) is 2.09. The van der Waals surface area contributed by atoms with E-state index < -0.39 is 0 Å². The largest absolute Gasteiger partial charge is 0.316 e. The van der Waals surface area contributed by atoms with Crippen LogP contribution in [0.3, 0.4) is 0 Å². The van der Waals surface area contributed by atoms with Crippen molar-refractivity contribution in [3.63, 3.8) is 0 Å². The van der Waals surface area contributed by atoms with E-state index in [9.17, 15) is 0 Å². The van der Waals surface area contributed by atoms with Crippen LogP contribution in [0, 0.1) is 6.92 Å². The lowest BCUT2D eigenvalue weighted by atomic mass is 9.95. The highest BCUT2D eigenvalue weighted by Gasteiger charge is 2.28. The van der Waals surface area contributed by atoms with Gasteiger partial charge in [-0.3, -0.25) is 0 Å². The van der Waals surface area contributed by atoms with Crippen LogP contribution in [0.4, 0.5) is 0 Å². The van der Waals surface area contributed by atoms with E-state index in [-0.39, 0.29) is 0 Å². The van der Waals surface area contributed by atoms with Crippen molar-refractivity contribution >= 4 is 11.3 Å². The normalized spacial score (nSPS) is 28.2.